The van der Waals surface area contributed by atoms with Gasteiger partial charge in [-0.1, -0.05) is 11.6 Å². The molecule has 0 radical (unpaired) electrons. The molecule has 1 amide bonds. The van der Waals surface area contributed by atoms with E-state index in [1.807, 2.05) is 0 Å². The van der Waals surface area contributed by atoms with Crippen molar-refractivity contribution in [2.24, 2.45) is 0 Å². The summed E-state index contributed by atoms with van der Waals surface area (Å²) in [5, 5.41) is 18.5. The first-order valence-corrected chi connectivity index (χ1v) is 5.44. The number of amides is 1. The van der Waals surface area contributed by atoms with Gasteiger partial charge in [-0.2, -0.15) is 0 Å². The molecule has 2 heterocycles. The van der Waals surface area contributed by atoms with Crippen LogP contribution in [0.3, 0.4) is 0 Å². The van der Waals surface area contributed by atoms with E-state index in [9.17, 15) is 9.59 Å². The highest BCUT2D eigenvalue weighted by atomic mass is 35.5. The highest BCUT2D eigenvalue weighted by Gasteiger charge is 2.09. The van der Waals surface area contributed by atoms with Crippen LogP contribution in [0.1, 0.15) is 21.0 Å². The molecular formula is C11H7ClN4O3. The lowest BCUT2D eigenvalue weighted by Gasteiger charge is -2.03. The van der Waals surface area contributed by atoms with Crippen LogP contribution in [0.15, 0.2) is 30.5 Å². The Morgan fingerprint density at radius 3 is 2.37 bits per heavy atom. The van der Waals surface area contributed by atoms with Gasteiger partial charge in [0.25, 0.3) is 5.91 Å². The van der Waals surface area contributed by atoms with Gasteiger partial charge in [-0.15, -0.1) is 10.2 Å². The molecule has 0 unspecified atom stereocenters. The van der Waals surface area contributed by atoms with Crippen molar-refractivity contribution in [3.8, 4) is 0 Å². The molecule has 96 valence electrons. The van der Waals surface area contributed by atoms with Crippen LogP contribution in [0.25, 0.3) is 0 Å². The second-order valence-electron chi connectivity index (χ2n) is 3.43. The second-order valence-corrected chi connectivity index (χ2v) is 3.82. The molecule has 19 heavy (non-hydrogen) atoms. The highest BCUT2D eigenvalue weighted by molar-refractivity contribution is 6.29. The summed E-state index contributed by atoms with van der Waals surface area (Å²) in [4.78, 5) is 26.0. The topological polar surface area (TPSA) is 105 Å². The van der Waals surface area contributed by atoms with Crippen molar-refractivity contribution < 1.29 is 14.7 Å². The fourth-order valence-electron chi connectivity index (χ4n) is 1.23. The molecule has 8 heteroatoms. The zero-order valence-corrected chi connectivity index (χ0v) is 10.1. The van der Waals surface area contributed by atoms with Crippen molar-refractivity contribution in [2.45, 2.75) is 0 Å². The van der Waals surface area contributed by atoms with Crippen LogP contribution in [-0.2, 0) is 0 Å². The monoisotopic (exact) mass is 278 g/mol. The maximum absolute atomic E-state index is 11.7. The van der Waals surface area contributed by atoms with Crippen molar-refractivity contribution in [1.82, 2.24) is 15.2 Å². The Kier molecular flexibility index (Phi) is 3.67. The number of hydrogen-bond acceptors (Lipinski definition) is 5. The Morgan fingerprint density at radius 1 is 1.11 bits per heavy atom. The zero-order valence-electron chi connectivity index (χ0n) is 9.37. The van der Waals surface area contributed by atoms with Gasteiger partial charge in [0.1, 0.15) is 5.69 Å². The first kappa shape index (κ1) is 12.9. The molecule has 0 spiro atoms. The second kappa shape index (κ2) is 5.40. The summed E-state index contributed by atoms with van der Waals surface area (Å²) < 4.78 is 0. The van der Waals surface area contributed by atoms with Crippen molar-refractivity contribution in [3.63, 3.8) is 0 Å². The van der Waals surface area contributed by atoms with Gasteiger partial charge < -0.3 is 10.4 Å². The number of nitrogens with one attached hydrogen (secondary N) is 1. The van der Waals surface area contributed by atoms with E-state index in [1.165, 1.54) is 30.5 Å². The van der Waals surface area contributed by atoms with Crippen LogP contribution in [0, 0.1) is 0 Å². The van der Waals surface area contributed by atoms with E-state index in [2.05, 4.69) is 20.5 Å². The number of halogens is 1. The Bertz CT molecular complexity index is 613. The predicted octanol–water partition coefficient (Wildman–Crippen LogP) is 1.48. The fourth-order valence-corrected chi connectivity index (χ4v) is 1.33. The molecule has 2 aromatic rings. The Balaban J connectivity index is 2.10. The molecule has 0 aliphatic rings. The van der Waals surface area contributed by atoms with Crippen molar-refractivity contribution in [2.75, 3.05) is 5.32 Å². The fraction of sp³-hybridized carbons (Fsp3) is 0. The number of nitrogens with zero attached hydrogens (tertiary/aromatic N) is 3. The summed E-state index contributed by atoms with van der Waals surface area (Å²) in [5.74, 6) is -1.63. The first-order valence-electron chi connectivity index (χ1n) is 5.06. The van der Waals surface area contributed by atoms with E-state index >= 15 is 0 Å². The molecule has 0 saturated carbocycles. The van der Waals surface area contributed by atoms with Crippen molar-refractivity contribution in [3.05, 3.63) is 47.0 Å². The van der Waals surface area contributed by atoms with E-state index in [0.717, 1.165) is 0 Å². The standard InChI is InChI=1S/C11H7ClN4O3/c12-9-4-3-7(15-16-9)10(17)14-6-1-2-8(11(18)19)13-5-6/h1-5H,(H,14,17)(H,18,19). The van der Waals surface area contributed by atoms with E-state index in [0.29, 0.717) is 5.69 Å². The van der Waals surface area contributed by atoms with Crippen LogP contribution in [0.2, 0.25) is 5.15 Å². The smallest absolute Gasteiger partial charge is 0.354 e. The SMILES string of the molecule is O=C(O)c1ccc(NC(=O)c2ccc(Cl)nn2)cn1. The number of carboxylic acid groups (broad SMARTS) is 1. The van der Waals surface area contributed by atoms with Gasteiger partial charge >= 0.3 is 5.97 Å². The molecule has 0 aliphatic carbocycles. The number of carbonyl (C=O) groups is 2. The molecule has 0 atom stereocenters. The van der Waals surface area contributed by atoms with Gasteiger partial charge in [0, 0.05) is 0 Å². The molecular weight excluding hydrogens is 272 g/mol. The number of anilines is 1. The number of pyridine rings is 1. The maximum atomic E-state index is 11.7. The third-order valence-corrected chi connectivity index (χ3v) is 2.31. The quantitative estimate of drug-likeness (QED) is 0.881. The minimum absolute atomic E-state index is 0.0895. The number of aromatic nitrogens is 3. The van der Waals surface area contributed by atoms with Crippen LogP contribution in [-0.4, -0.2) is 32.2 Å². The lowest BCUT2D eigenvalue weighted by atomic mass is 10.3. The molecule has 0 aliphatic heterocycles. The number of hydrogen-bond donors (Lipinski definition) is 2. The molecule has 0 bridgehead atoms. The number of rotatable bonds is 3. The molecule has 7 nitrogen and oxygen atoms in total. The normalized spacial score (nSPS) is 9.95. The lowest BCUT2D eigenvalue weighted by molar-refractivity contribution is 0.0690. The van der Waals surface area contributed by atoms with Gasteiger partial charge in [-0.25, -0.2) is 9.78 Å². The van der Waals surface area contributed by atoms with Crippen molar-refractivity contribution >= 4 is 29.2 Å². The van der Waals surface area contributed by atoms with Crippen LogP contribution < -0.4 is 5.32 Å². The minimum atomic E-state index is -1.14. The molecule has 0 saturated heterocycles. The average molecular weight is 279 g/mol. The summed E-state index contributed by atoms with van der Waals surface area (Å²) in [6.07, 6.45) is 1.24. The lowest BCUT2D eigenvalue weighted by Crippen LogP contribution is -2.14. The van der Waals surface area contributed by atoms with Gasteiger partial charge in [-0.05, 0) is 24.3 Å². The van der Waals surface area contributed by atoms with Gasteiger partial charge in [0.15, 0.2) is 10.8 Å². The van der Waals surface area contributed by atoms with Crippen LogP contribution in [0.5, 0.6) is 0 Å². The van der Waals surface area contributed by atoms with Gasteiger partial charge in [-0.3, -0.25) is 4.79 Å². The van der Waals surface area contributed by atoms with E-state index in [4.69, 9.17) is 16.7 Å². The average Bonchev–Trinajstić information content (AvgIpc) is 2.40. The largest absolute Gasteiger partial charge is 0.477 e. The van der Waals surface area contributed by atoms with E-state index < -0.39 is 11.9 Å². The molecule has 0 fully saturated rings. The van der Waals surface area contributed by atoms with E-state index in [-0.39, 0.29) is 16.5 Å². The number of aromatic carboxylic acids is 1. The molecule has 0 aromatic carbocycles. The Hall–Kier alpha value is -2.54. The zero-order chi connectivity index (χ0) is 13.8. The summed E-state index contributed by atoms with van der Waals surface area (Å²) in [5.41, 5.74) is 0.336. The summed E-state index contributed by atoms with van der Waals surface area (Å²) in [7, 11) is 0. The van der Waals surface area contributed by atoms with Gasteiger partial charge in [0.2, 0.25) is 0 Å². The van der Waals surface area contributed by atoms with Crippen LogP contribution in [0.4, 0.5) is 5.69 Å². The Labute approximate surface area is 112 Å². The highest BCUT2D eigenvalue weighted by Crippen LogP contribution is 2.09. The Morgan fingerprint density at radius 2 is 1.84 bits per heavy atom. The number of carbonyl (C=O) groups excluding carboxylic acids is 1. The first-order chi connectivity index (χ1) is 9.06. The number of carboxylic acids is 1. The third-order valence-electron chi connectivity index (χ3n) is 2.11. The predicted molar refractivity (Wildman–Crippen MR) is 66.2 cm³/mol. The van der Waals surface area contributed by atoms with E-state index in [1.54, 1.807) is 0 Å². The van der Waals surface area contributed by atoms with Crippen LogP contribution >= 0.6 is 11.6 Å². The molecule has 2 rings (SSSR count). The van der Waals surface area contributed by atoms with Crippen molar-refractivity contribution in [1.29, 1.82) is 0 Å². The minimum Gasteiger partial charge on any atom is -0.477 e. The maximum Gasteiger partial charge on any atom is 0.354 e. The summed E-state index contributed by atoms with van der Waals surface area (Å²) >= 11 is 5.55. The summed E-state index contributed by atoms with van der Waals surface area (Å²) in [6, 6.07) is 5.57. The van der Waals surface area contributed by atoms with Gasteiger partial charge in [0.05, 0.1) is 11.9 Å². The summed E-state index contributed by atoms with van der Waals surface area (Å²) in [6.45, 7) is 0. The third kappa shape index (κ3) is 3.23. The molecule has 2 N–H and O–H groups in total. The molecule has 2 aromatic heterocycles.